The molecule has 3 heterocycles. The number of carbonyl (C=O) groups is 1. The van der Waals surface area contributed by atoms with E-state index in [1.165, 1.54) is 22.8 Å². The highest BCUT2D eigenvalue weighted by atomic mass is 35.5. The number of benzene rings is 1. The lowest BCUT2D eigenvalue weighted by Crippen LogP contribution is -2.44. The highest BCUT2D eigenvalue weighted by molar-refractivity contribution is 7.89. The topological polar surface area (TPSA) is 101 Å². The summed E-state index contributed by atoms with van der Waals surface area (Å²) >= 11 is 5.77. The van der Waals surface area contributed by atoms with Crippen LogP contribution in [0.2, 0.25) is 5.02 Å². The molecule has 1 aromatic heterocycles. The number of nitrogens with one attached hydrogen (secondary N) is 1. The number of aromatic nitrogens is 2. The summed E-state index contributed by atoms with van der Waals surface area (Å²) in [7, 11) is -3.66. The van der Waals surface area contributed by atoms with E-state index >= 15 is 0 Å². The third-order valence-corrected chi connectivity index (χ3v) is 6.88. The van der Waals surface area contributed by atoms with Crippen LogP contribution in [0, 0.1) is 0 Å². The minimum absolute atomic E-state index is 0.0523. The van der Waals surface area contributed by atoms with E-state index in [0.29, 0.717) is 42.9 Å². The van der Waals surface area contributed by atoms with Crippen molar-refractivity contribution >= 4 is 33.2 Å². The zero-order chi connectivity index (χ0) is 19.7. The van der Waals surface area contributed by atoms with Gasteiger partial charge in [0.25, 0.3) is 0 Å². The fourth-order valence-corrected chi connectivity index (χ4v) is 5.06. The molecule has 0 bridgehead atoms. The van der Waals surface area contributed by atoms with Gasteiger partial charge in [-0.05, 0) is 43.0 Å². The summed E-state index contributed by atoms with van der Waals surface area (Å²) < 4.78 is 33.4. The molecule has 1 aromatic carbocycles. The summed E-state index contributed by atoms with van der Waals surface area (Å²) in [6, 6.07) is 5.01. The van der Waals surface area contributed by atoms with Gasteiger partial charge in [0, 0.05) is 18.7 Å². The number of halogens is 1. The molecule has 0 radical (unpaired) electrons. The van der Waals surface area contributed by atoms with E-state index in [0.717, 1.165) is 5.56 Å². The maximum absolute atomic E-state index is 13.1. The van der Waals surface area contributed by atoms with E-state index in [2.05, 4.69) is 15.3 Å². The molecule has 1 fully saturated rings. The second-order valence-electron chi connectivity index (χ2n) is 6.80. The van der Waals surface area contributed by atoms with Crippen LogP contribution in [0.4, 0.5) is 5.69 Å². The highest BCUT2D eigenvalue weighted by Crippen LogP contribution is 2.28. The smallest absolute Gasteiger partial charge is 0.316 e. The summed E-state index contributed by atoms with van der Waals surface area (Å²) in [5, 5.41) is 3.17. The van der Waals surface area contributed by atoms with Crippen LogP contribution in [0.15, 0.2) is 35.5 Å². The minimum Gasteiger partial charge on any atom is -0.459 e. The third kappa shape index (κ3) is 3.96. The Morgan fingerprint density at radius 1 is 1.21 bits per heavy atom. The number of aryl methyl sites for hydroxylation is 1. The standard InChI is InChI=1S/C18H19ClN4O4S/c19-13-9-20-18(21-10-13)27-14-2-1-7-23(11-14)28(25,26)15-4-5-16-12(8-15)3-6-17(24)22-16/h4-5,8-10,14H,1-3,6-7,11H2,(H,22,24). The zero-order valence-corrected chi connectivity index (χ0v) is 16.5. The first-order valence-corrected chi connectivity index (χ1v) is 10.8. The van der Waals surface area contributed by atoms with Crippen LogP contribution >= 0.6 is 11.6 Å². The fourth-order valence-electron chi connectivity index (χ4n) is 3.40. The van der Waals surface area contributed by atoms with E-state index < -0.39 is 10.0 Å². The van der Waals surface area contributed by atoms with Gasteiger partial charge in [-0.25, -0.2) is 18.4 Å². The van der Waals surface area contributed by atoms with Gasteiger partial charge in [-0.1, -0.05) is 11.6 Å². The maximum atomic E-state index is 13.1. The van der Waals surface area contributed by atoms with Gasteiger partial charge >= 0.3 is 6.01 Å². The van der Waals surface area contributed by atoms with Crippen LogP contribution in [0.3, 0.4) is 0 Å². The Kier molecular flexibility index (Phi) is 5.22. The van der Waals surface area contributed by atoms with Gasteiger partial charge in [-0.15, -0.1) is 0 Å². The van der Waals surface area contributed by atoms with E-state index in [1.54, 1.807) is 12.1 Å². The first-order valence-electron chi connectivity index (χ1n) is 8.99. The Hall–Kier alpha value is -2.23. The molecule has 10 heteroatoms. The lowest BCUT2D eigenvalue weighted by atomic mass is 10.0. The molecule has 1 saturated heterocycles. The number of nitrogens with zero attached hydrogens (tertiary/aromatic N) is 3. The lowest BCUT2D eigenvalue weighted by molar-refractivity contribution is -0.116. The van der Waals surface area contributed by atoms with Crippen LogP contribution in [0.25, 0.3) is 0 Å². The number of ether oxygens (including phenoxy) is 1. The van der Waals surface area contributed by atoms with Crippen molar-refractivity contribution in [2.75, 3.05) is 18.4 Å². The molecule has 1 N–H and O–H groups in total. The second kappa shape index (κ2) is 7.65. The van der Waals surface area contributed by atoms with E-state index in [-0.39, 0.29) is 29.5 Å². The normalized spacial score (nSPS) is 20.3. The summed E-state index contributed by atoms with van der Waals surface area (Å²) in [6.07, 6.45) is 4.83. The van der Waals surface area contributed by atoms with Crippen molar-refractivity contribution in [2.24, 2.45) is 0 Å². The fraction of sp³-hybridized carbons (Fsp3) is 0.389. The van der Waals surface area contributed by atoms with Crippen molar-refractivity contribution in [1.29, 1.82) is 0 Å². The molecular formula is C18H19ClN4O4S. The number of sulfonamides is 1. The summed E-state index contributed by atoms with van der Waals surface area (Å²) in [4.78, 5) is 19.7. The van der Waals surface area contributed by atoms with Gasteiger partial charge in [-0.3, -0.25) is 4.79 Å². The molecular weight excluding hydrogens is 404 g/mol. The number of amides is 1. The first kappa shape index (κ1) is 19.1. The first-order chi connectivity index (χ1) is 13.4. The summed E-state index contributed by atoms with van der Waals surface area (Å²) in [6.45, 7) is 0.652. The molecule has 1 unspecified atom stereocenters. The van der Waals surface area contributed by atoms with Gasteiger partial charge in [0.1, 0.15) is 6.10 Å². The molecule has 8 nitrogen and oxygen atoms in total. The van der Waals surface area contributed by atoms with Crippen molar-refractivity contribution in [2.45, 2.75) is 36.7 Å². The molecule has 2 aliphatic heterocycles. The van der Waals surface area contributed by atoms with Gasteiger partial charge in [0.05, 0.1) is 28.9 Å². The van der Waals surface area contributed by atoms with E-state index in [1.807, 2.05) is 0 Å². The Balaban J connectivity index is 1.50. The van der Waals surface area contributed by atoms with Crippen LogP contribution < -0.4 is 10.1 Å². The van der Waals surface area contributed by atoms with E-state index in [4.69, 9.17) is 16.3 Å². The molecule has 1 amide bonds. The Labute approximate surface area is 167 Å². The Morgan fingerprint density at radius 3 is 2.79 bits per heavy atom. The average Bonchev–Trinajstić information content (AvgIpc) is 2.69. The maximum Gasteiger partial charge on any atom is 0.316 e. The van der Waals surface area contributed by atoms with Gasteiger partial charge in [-0.2, -0.15) is 4.31 Å². The molecule has 2 aromatic rings. The Morgan fingerprint density at radius 2 is 2.00 bits per heavy atom. The van der Waals surface area contributed by atoms with Crippen LogP contribution in [0.5, 0.6) is 6.01 Å². The summed E-state index contributed by atoms with van der Waals surface area (Å²) in [5.41, 5.74) is 1.51. The van der Waals surface area contributed by atoms with Gasteiger partial charge in [0.2, 0.25) is 15.9 Å². The molecule has 148 valence electrons. The number of anilines is 1. The number of fused-ring (bicyclic) bond motifs is 1. The van der Waals surface area contributed by atoms with Crippen LogP contribution in [-0.2, 0) is 21.2 Å². The molecule has 0 saturated carbocycles. The van der Waals surface area contributed by atoms with Crippen molar-refractivity contribution in [3.05, 3.63) is 41.2 Å². The van der Waals surface area contributed by atoms with Crippen LogP contribution in [0.1, 0.15) is 24.8 Å². The minimum atomic E-state index is -3.66. The highest BCUT2D eigenvalue weighted by Gasteiger charge is 2.32. The number of carbonyl (C=O) groups excluding carboxylic acids is 1. The largest absolute Gasteiger partial charge is 0.459 e. The number of rotatable bonds is 4. The Bertz CT molecular complexity index is 997. The third-order valence-electron chi connectivity index (χ3n) is 4.82. The van der Waals surface area contributed by atoms with Crippen molar-refractivity contribution in [3.63, 3.8) is 0 Å². The predicted molar refractivity (Wildman–Crippen MR) is 103 cm³/mol. The van der Waals surface area contributed by atoms with Gasteiger partial charge < -0.3 is 10.1 Å². The molecule has 2 aliphatic rings. The van der Waals surface area contributed by atoms with Crippen LogP contribution in [-0.4, -0.2) is 47.8 Å². The van der Waals surface area contributed by atoms with Gasteiger partial charge in [0.15, 0.2) is 0 Å². The molecule has 0 aliphatic carbocycles. The van der Waals surface area contributed by atoms with E-state index in [9.17, 15) is 13.2 Å². The zero-order valence-electron chi connectivity index (χ0n) is 15.0. The lowest BCUT2D eigenvalue weighted by Gasteiger charge is -2.31. The molecule has 0 spiro atoms. The molecule has 4 rings (SSSR count). The number of hydrogen-bond acceptors (Lipinski definition) is 6. The molecule has 1 atom stereocenters. The van der Waals surface area contributed by atoms with Crippen molar-refractivity contribution < 1.29 is 17.9 Å². The average molecular weight is 423 g/mol. The summed E-state index contributed by atoms with van der Waals surface area (Å²) in [5.74, 6) is -0.0523. The quantitative estimate of drug-likeness (QED) is 0.810. The van der Waals surface area contributed by atoms with Crippen molar-refractivity contribution in [3.8, 4) is 6.01 Å². The monoisotopic (exact) mass is 422 g/mol. The second-order valence-corrected chi connectivity index (χ2v) is 9.17. The molecule has 28 heavy (non-hydrogen) atoms. The number of piperidine rings is 1. The SMILES string of the molecule is O=C1CCc2cc(S(=O)(=O)N3CCCC(Oc4ncc(Cl)cn4)C3)ccc2N1. The predicted octanol–water partition coefficient (Wildman–Crippen LogP) is 2.25. The number of hydrogen-bond donors (Lipinski definition) is 1. The van der Waals surface area contributed by atoms with Crippen molar-refractivity contribution in [1.82, 2.24) is 14.3 Å².